The van der Waals surface area contributed by atoms with Gasteiger partial charge in [0.2, 0.25) is 11.9 Å². The number of carbonyl (C=O) groups is 1. The van der Waals surface area contributed by atoms with E-state index >= 15 is 0 Å². The van der Waals surface area contributed by atoms with Crippen LogP contribution in [0.2, 0.25) is 0 Å². The zero-order valence-electron chi connectivity index (χ0n) is 18.3. The number of H-pyrrole nitrogens is 3. The first-order valence-corrected chi connectivity index (χ1v) is 11.0. The summed E-state index contributed by atoms with van der Waals surface area (Å²) in [5, 5.41) is 13.8. The smallest absolute Gasteiger partial charge is 0.303 e. The van der Waals surface area contributed by atoms with E-state index in [0.717, 1.165) is 32.9 Å². The number of para-hydroxylation sites is 2. The minimum atomic E-state index is -0.889. The topological polar surface area (TPSA) is 152 Å². The number of nitrogens with zero attached hydrogens (tertiary/aromatic N) is 3. The molecule has 4 aromatic heterocycles. The van der Waals surface area contributed by atoms with Crippen molar-refractivity contribution in [2.45, 2.75) is 12.8 Å². The summed E-state index contributed by atoms with van der Waals surface area (Å²) in [5.41, 5.74) is 4.87. The summed E-state index contributed by atoms with van der Waals surface area (Å²) in [6, 6.07) is 15.2. The Hall–Kier alpha value is -4.99. The fourth-order valence-corrected chi connectivity index (χ4v) is 4.29. The van der Waals surface area contributed by atoms with Crippen molar-refractivity contribution in [2.75, 3.05) is 5.32 Å². The third-order valence-corrected chi connectivity index (χ3v) is 5.91. The second-order valence-electron chi connectivity index (χ2n) is 8.17. The second-order valence-corrected chi connectivity index (χ2v) is 8.17. The maximum Gasteiger partial charge on any atom is 0.303 e. The number of carboxylic acids is 1. The summed E-state index contributed by atoms with van der Waals surface area (Å²) < 4.78 is 0. The van der Waals surface area contributed by atoms with Crippen LogP contribution in [0.15, 0.2) is 65.7 Å². The molecule has 0 radical (unpaired) electrons. The third-order valence-electron chi connectivity index (χ3n) is 5.91. The van der Waals surface area contributed by atoms with E-state index in [2.05, 4.69) is 35.2 Å². The fourth-order valence-electron chi connectivity index (χ4n) is 4.29. The van der Waals surface area contributed by atoms with Crippen LogP contribution in [-0.2, 0) is 11.2 Å². The summed E-state index contributed by atoms with van der Waals surface area (Å²) in [7, 11) is 0. The lowest BCUT2D eigenvalue weighted by Crippen LogP contribution is -2.06. The summed E-state index contributed by atoms with van der Waals surface area (Å²) >= 11 is 0. The molecule has 6 aromatic rings. The molecule has 0 spiro atoms. The van der Waals surface area contributed by atoms with Crippen molar-refractivity contribution in [3.05, 3.63) is 76.8 Å². The Bertz CT molecular complexity index is 1770. The highest BCUT2D eigenvalue weighted by molar-refractivity contribution is 6.07. The monoisotopic (exact) mass is 465 g/mol. The average Bonchev–Trinajstić information content (AvgIpc) is 3.47. The van der Waals surface area contributed by atoms with Gasteiger partial charge in [-0.25, -0.2) is 15.0 Å². The van der Waals surface area contributed by atoms with Crippen LogP contribution in [0, 0.1) is 0 Å². The van der Waals surface area contributed by atoms with Gasteiger partial charge in [-0.2, -0.15) is 0 Å². The van der Waals surface area contributed by atoms with Crippen molar-refractivity contribution >= 4 is 50.7 Å². The van der Waals surface area contributed by atoms with E-state index in [-0.39, 0.29) is 12.0 Å². The molecule has 0 unspecified atom stereocenters. The molecular formula is C25H19N7O3. The molecule has 35 heavy (non-hydrogen) atoms. The second kappa shape index (κ2) is 8.10. The number of carboxylic acid groups (broad SMARTS) is 1. The Kier molecular flexibility index (Phi) is 4.77. The predicted molar refractivity (Wildman–Crippen MR) is 133 cm³/mol. The van der Waals surface area contributed by atoms with Crippen LogP contribution in [0.25, 0.3) is 44.1 Å². The number of aromatic amines is 3. The van der Waals surface area contributed by atoms with E-state index in [1.807, 2.05) is 42.5 Å². The SMILES string of the molecule is O=C(O)CCc1c[nH]c2c(=O)[nH]c3ccc(-c4ccnc(Nc5nc6ccccc6[nH]5)n4)cc3c12. The minimum Gasteiger partial charge on any atom is -0.481 e. The van der Waals surface area contributed by atoms with E-state index in [1.54, 1.807) is 18.5 Å². The van der Waals surface area contributed by atoms with Crippen molar-refractivity contribution in [1.29, 1.82) is 0 Å². The minimum absolute atomic E-state index is 0.0241. The van der Waals surface area contributed by atoms with Gasteiger partial charge >= 0.3 is 5.97 Å². The number of benzene rings is 2. The standard InChI is InChI=1S/C25H19N7O3/c33-20(34)8-6-14-12-27-22-21(14)15-11-13(5-7-17(15)28-23(22)35)16-9-10-26-24(29-16)32-25-30-18-3-1-2-4-19(18)31-25/h1-5,7,9-12,27H,6,8H2,(H,28,35)(H,33,34)(H2,26,29,30,31,32). The number of aromatic nitrogens is 6. The molecule has 0 atom stereocenters. The van der Waals surface area contributed by atoms with Crippen LogP contribution in [-0.4, -0.2) is 41.0 Å². The van der Waals surface area contributed by atoms with Crippen LogP contribution < -0.4 is 10.9 Å². The molecular weight excluding hydrogens is 446 g/mol. The lowest BCUT2D eigenvalue weighted by atomic mass is 10.0. The maximum atomic E-state index is 12.5. The summed E-state index contributed by atoms with van der Waals surface area (Å²) in [4.78, 5) is 46.2. The molecule has 5 N–H and O–H groups in total. The molecule has 2 aromatic carbocycles. The van der Waals surface area contributed by atoms with Crippen LogP contribution in [0.5, 0.6) is 0 Å². The molecule has 10 nitrogen and oxygen atoms in total. The quantitative estimate of drug-likeness (QED) is 0.248. The first-order chi connectivity index (χ1) is 17.0. The van der Waals surface area contributed by atoms with Crippen molar-refractivity contribution in [3.63, 3.8) is 0 Å². The van der Waals surface area contributed by atoms with Gasteiger partial charge in [0.25, 0.3) is 5.56 Å². The van der Waals surface area contributed by atoms with Gasteiger partial charge in [-0.1, -0.05) is 18.2 Å². The highest BCUT2D eigenvalue weighted by atomic mass is 16.4. The molecule has 0 saturated heterocycles. The van der Waals surface area contributed by atoms with Gasteiger partial charge < -0.3 is 20.1 Å². The molecule has 6 rings (SSSR count). The van der Waals surface area contributed by atoms with Gasteiger partial charge in [-0.3, -0.25) is 14.9 Å². The first kappa shape index (κ1) is 20.6. The number of anilines is 2. The highest BCUT2D eigenvalue weighted by Crippen LogP contribution is 2.30. The summed E-state index contributed by atoms with van der Waals surface area (Å²) in [6.07, 6.45) is 3.66. The number of pyridine rings is 1. The predicted octanol–water partition coefficient (Wildman–Crippen LogP) is 4.10. The molecule has 172 valence electrons. The van der Waals surface area contributed by atoms with Crippen molar-refractivity contribution < 1.29 is 9.90 Å². The number of hydrogen-bond acceptors (Lipinski definition) is 6. The molecule has 0 aliphatic heterocycles. The molecule has 0 fully saturated rings. The van der Waals surface area contributed by atoms with E-state index < -0.39 is 5.97 Å². The van der Waals surface area contributed by atoms with Gasteiger partial charge in [-0.15, -0.1) is 0 Å². The number of nitrogens with one attached hydrogen (secondary N) is 4. The largest absolute Gasteiger partial charge is 0.481 e. The average molecular weight is 465 g/mol. The summed E-state index contributed by atoms with van der Waals surface area (Å²) in [5.74, 6) is 0.0354. The lowest BCUT2D eigenvalue weighted by Gasteiger charge is -2.08. The molecule has 0 amide bonds. The highest BCUT2D eigenvalue weighted by Gasteiger charge is 2.14. The Balaban J connectivity index is 1.41. The van der Waals surface area contributed by atoms with Gasteiger partial charge in [0.05, 0.1) is 16.7 Å². The Morgan fingerprint density at radius 1 is 1.03 bits per heavy atom. The van der Waals surface area contributed by atoms with Gasteiger partial charge in [0, 0.05) is 40.7 Å². The first-order valence-electron chi connectivity index (χ1n) is 11.0. The van der Waals surface area contributed by atoms with Gasteiger partial charge in [0.15, 0.2) is 0 Å². The molecule has 4 heterocycles. The maximum absolute atomic E-state index is 12.5. The van der Waals surface area contributed by atoms with E-state index in [9.17, 15) is 9.59 Å². The lowest BCUT2D eigenvalue weighted by molar-refractivity contribution is -0.136. The zero-order valence-corrected chi connectivity index (χ0v) is 18.3. The summed E-state index contributed by atoms with van der Waals surface area (Å²) in [6.45, 7) is 0. The fraction of sp³-hybridized carbons (Fsp3) is 0.0800. The number of aliphatic carboxylic acids is 1. The van der Waals surface area contributed by atoms with E-state index in [0.29, 0.717) is 35.0 Å². The Morgan fingerprint density at radius 2 is 1.91 bits per heavy atom. The Morgan fingerprint density at radius 3 is 2.77 bits per heavy atom. The molecule has 0 saturated carbocycles. The molecule has 0 aliphatic carbocycles. The molecule has 0 aliphatic rings. The Labute approximate surface area is 197 Å². The number of imidazole rings is 1. The number of rotatable bonds is 6. The molecule has 10 heteroatoms. The van der Waals surface area contributed by atoms with E-state index in [4.69, 9.17) is 5.11 Å². The van der Waals surface area contributed by atoms with Crippen molar-refractivity contribution in [2.24, 2.45) is 0 Å². The van der Waals surface area contributed by atoms with Crippen LogP contribution in [0.4, 0.5) is 11.9 Å². The van der Waals surface area contributed by atoms with Crippen LogP contribution in [0.1, 0.15) is 12.0 Å². The number of fused-ring (bicyclic) bond motifs is 4. The molecule has 0 bridgehead atoms. The van der Waals surface area contributed by atoms with Crippen LogP contribution >= 0.6 is 0 Å². The normalized spacial score (nSPS) is 11.4. The van der Waals surface area contributed by atoms with E-state index in [1.165, 1.54) is 0 Å². The van der Waals surface area contributed by atoms with Crippen LogP contribution in [0.3, 0.4) is 0 Å². The van der Waals surface area contributed by atoms with Gasteiger partial charge in [-0.05, 0) is 42.3 Å². The number of aryl methyl sites for hydroxylation is 1. The van der Waals surface area contributed by atoms with Gasteiger partial charge in [0.1, 0.15) is 5.52 Å². The van der Waals surface area contributed by atoms with Crippen molar-refractivity contribution in [1.82, 2.24) is 29.9 Å². The van der Waals surface area contributed by atoms with Crippen molar-refractivity contribution in [3.8, 4) is 11.3 Å². The zero-order chi connectivity index (χ0) is 23.9. The third kappa shape index (κ3) is 3.76. The number of hydrogen-bond donors (Lipinski definition) is 5.